The molecule has 1 amide bonds. The van der Waals surface area contributed by atoms with Crippen LogP contribution in [0.4, 0.5) is 0 Å². The molecule has 84 valence electrons. The summed E-state index contributed by atoms with van der Waals surface area (Å²) in [4.78, 5) is 11.2. The van der Waals surface area contributed by atoms with Crippen LogP contribution in [0.3, 0.4) is 0 Å². The van der Waals surface area contributed by atoms with Crippen molar-refractivity contribution in [1.82, 2.24) is 5.48 Å². The fourth-order valence-electron chi connectivity index (χ4n) is 1.08. The molecule has 0 saturated heterocycles. The summed E-state index contributed by atoms with van der Waals surface area (Å²) in [6.07, 6.45) is 1.83. The van der Waals surface area contributed by atoms with E-state index >= 15 is 0 Å². The molecule has 0 aliphatic heterocycles. The van der Waals surface area contributed by atoms with Crippen LogP contribution >= 0.6 is 11.8 Å². The van der Waals surface area contributed by atoms with Crippen molar-refractivity contribution in [2.45, 2.75) is 19.1 Å². The fraction of sp³-hybridized carbons (Fsp3) is 0.364. The van der Waals surface area contributed by atoms with Gasteiger partial charge in [0.2, 0.25) is 0 Å². The van der Waals surface area contributed by atoms with Gasteiger partial charge in [0, 0.05) is 0 Å². The molecule has 3 nitrogen and oxygen atoms in total. The largest absolute Gasteiger partial charge is 0.289 e. The molecule has 0 aliphatic carbocycles. The monoisotopic (exact) mass is 227 g/mol. The fourth-order valence-corrected chi connectivity index (χ4v) is 1.78. The summed E-state index contributed by atoms with van der Waals surface area (Å²) in [7, 11) is 0. The van der Waals surface area contributed by atoms with Gasteiger partial charge in [-0.2, -0.15) is 0 Å². The number of amides is 1. The third-order valence-electron chi connectivity index (χ3n) is 1.69. The van der Waals surface area contributed by atoms with Crippen molar-refractivity contribution in [2.75, 3.05) is 6.26 Å². The van der Waals surface area contributed by atoms with Gasteiger partial charge in [0.05, 0.1) is 0 Å². The summed E-state index contributed by atoms with van der Waals surface area (Å²) in [5.74, 6) is -0.390. The minimum atomic E-state index is -0.390. The third kappa shape index (κ3) is 4.36. The maximum absolute atomic E-state index is 11.2. The van der Waals surface area contributed by atoms with Crippen molar-refractivity contribution >= 4 is 17.7 Å². The smallest absolute Gasteiger partial charge is 0.260 e. The maximum Gasteiger partial charge on any atom is 0.260 e. The van der Waals surface area contributed by atoms with Crippen LogP contribution in [0.15, 0.2) is 30.3 Å². The molecule has 0 heterocycles. The average molecular weight is 227 g/mol. The van der Waals surface area contributed by atoms with E-state index in [1.54, 1.807) is 5.48 Å². The van der Waals surface area contributed by atoms with E-state index < -0.39 is 5.91 Å². The standard InChI is InChI=1S/C9H11NO2S.C2H6/c1-13-8(9(11)10-12)7-5-3-2-4-6-7;1-2/h2-6,8,12H,1H3,(H,10,11);1-2H3. The summed E-state index contributed by atoms with van der Waals surface area (Å²) < 4.78 is 0. The van der Waals surface area contributed by atoms with Gasteiger partial charge >= 0.3 is 0 Å². The van der Waals surface area contributed by atoms with Crippen LogP contribution in [-0.4, -0.2) is 17.4 Å². The normalized spacial score (nSPS) is 10.9. The van der Waals surface area contributed by atoms with E-state index in [1.165, 1.54) is 11.8 Å². The van der Waals surface area contributed by atoms with Crippen LogP contribution in [-0.2, 0) is 4.79 Å². The van der Waals surface area contributed by atoms with Crippen molar-refractivity contribution in [2.24, 2.45) is 0 Å². The highest BCUT2D eigenvalue weighted by Gasteiger charge is 2.17. The van der Waals surface area contributed by atoms with E-state index in [2.05, 4.69) is 0 Å². The van der Waals surface area contributed by atoms with E-state index in [4.69, 9.17) is 5.21 Å². The molecule has 0 spiro atoms. The third-order valence-corrected chi connectivity index (χ3v) is 2.64. The first-order valence-electron chi connectivity index (χ1n) is 4.81. The molecule has 2 N–H and O–H groups in total. The van der Waals surface area contributed by atoms with Crippen LogP contribution in [0.1, 0.15) is 24.7 Å². The molecule has 0 saturated carbocycles. The van der Waals surface area contributed by atoms with E-state index in [0.717, 1.165) is 5.56 Å². The van der Waals surface area contributed by atoms with Crippen LogP contribution in [0.25, 0.3) is 0 Å². The molecule has 15 heavy (non-hydrogen) atoms. The molecule has 0 aromatic heterocycles. The van der Waals surface area contributed by atoms with Crippen LogP contribution in [0, 0.1) is 0 Å². The second kappa shape index (κ2) is 8.32. The number of carbonyl (C=O) groups is 1. The summed E-state index contributed by atoms with van der Waals surface area (Å²) >= 11 is 1.38. The molecule has 1 atom stereocenters. The minimum absolute atomic E-state index is 0.341. The first-order chi connectivity index (χ1) is 7.29. The van der Waals surface area contributed by atoms with Crippen molar-refractivity contribution in [3.8, 4) is 0 Å². The Kier molecular flexibility index (Phi) is 7.77. The van der Waals surface area contributed by atoms with E-state index in [0.29, 0.717) is 0 Å². The highest BCUT2D eigenvalue weighted by molar-refractivity contribution is 7.99. The van der Waals surface area contributed by atoms with Crippen molar-refractivity contribution in [3.63, 3.8) is 0 Å². The Bertz CT molecular complexity index is 277. The summed E-state index contributed by atoms with van der Waals surface area (Å²) in [6, 6.07) is 9.33. The van der Waals surface area contributed by atoms with Gasteiger partial charge in [0.25, 0.3) is 5.91 Å². The van der Waals surface area contributed by atoms with Gasteiger partial charge in [0.15, 0.2) is 0 Å². The Morgan fingerprint density at radius 2 is 1.87 bits per heavy atom. The Hall–Kier alpha value is -1.00. The Balaban J connectivity index is 0.000000921. The molecule has 0 bridgehead atoms. The van der Waals surface area contributed by atoms with Crippen LogP contribution in [0.5, 0.6) is 0 Å². The Morgan fingerprint density at radius 1 is 1.33 bits per heavy atom. The number of nitrogens with one attached hydrogen (secondary N) is 1. The number of rotatable bonds is 3. The minimum Gasteiger partial charge on any atom is -0.289 e. The highest BCUT2D eigenvalue weighted by atomic mass is 32.2. The quantitative estimate of drug-likeness (QED) is 0.616. The molecule has 1 aromatic rings. The molecular formula is C11H17NO2S. The predicted molar refractivity (Wildman–Crippen MR) is 64.0 cm³/mol. The zero-order chi connectivity index (χ0) is 11.7. The molecular weight excluding hydrogens is 210 g/mol. The molecule has 1 aromatic carbocycles. The zero-order valence-corrected chi connectivity index (χ0v) is 10.0. The molecule has 4 heteroatoms. The van der Waals surface area contributed by atoms with Crippen molar-refractivity contribution in [3.05, 3.63) is 35.9 Å². The predicted octanol–water partition coefficient (Wildman–Crippen LogP) is 2.62. The molecule has 0 aliphatic rings. The average Bonchev–Trinajstić information content (AvgIpc) is 2.33. The van der Waals surface area contributed by atoms with Gasteiger partial charge in [-0.25, -0.2) is 5.48 Å². The SMILES string of the molecule is CC.CSC(C(=O)NO)c1ccccc1. The molecule has 0 radical (unpaired) electrons. The molecule has 1 unspecified atom stereocenters. The number of hydroxylamine groups is 1. The zero-order valence-electron chi connectivity index (χ0n) is 9.23. The summed E-state index contributed by atoms with van der Waals surface area (Å²) in [6.45, 7) is 4.00. The molecule has 0 fully saturated rings. The van der Waals surface area contributed by atoms with E-state index in [9.17, 15) is 4.79 Å². The summed E-state index contributed by atoms with van der Waals surface area (Å²) in [5.41, 5.74) is 2.55. The Morgan fingerprint density at radius 3 is 2.27 bits per heavy atom. The second-order valence-electron chi connectivity index (χ2n) is 2.50. The van der Waals surface area contributed by atoms with Crippen molar-refractivity contribution < 1.29 is 10.0 Å². The lowest BCUT2D eigenvalue weighted by Gasteiger charge is -2.11. The van der Waals surface area contributed by atoms with Gasteiger partial charge < -0.3 is 0 Å². The first-order valence-corrected chi connectivity index (χ1v) is 6.10. The van der Waals surface area contributed by atoms with E-state index in [1.807, 2.05) is 50.4 Å². The number of hydrogen-bond donors (Lipinski definition) is 2. The second-order valence-corrected chi connectivity index (χ2v) is 3.45. The summed E-state index contributed by atoms with van der Waals surface area (Å²) in [5, 5.41) is 8.14. The van der Waals surface area contributed by atoms with Crippen LogP contribution in [0.2, 0.25) is 0 Å². The number of hydrogen-bond acceptors (Lipinski definition) is 3. The lowest BCUT2D eigenvalue weighted by Crippen LogP contribution is -2.24. The first kappa shape index (κ1) is 14.0. The highest BCUT2D eigenvalue weighted by Crippen LogP contribution is 2.25. The molecule has 1 rings (SSSR count). The Labute approximate surface area is 94.8 Å². The van der Waals surface area contributed by atoms with Crippen LogP contribution < -0.4 is 5.48 Å². The van der Waals surface area contributed by atoms with Gasteiger partial charge in [-0.1, -0.05) is 44.2 Å². The maximum atomic E-state index is 11.2. The lowest BCUT2D eigenvalue weighted by molar-refractivity contribution is -0.128. The number of thioether (sulfide) groups is 1. The van der Waals surface area contributed by atoms with Crippen molar-refractivity contribution in [1.29, 1.82) is 0 Å². The van der Waals surface area contributed by atoms with E-state index in [-0.39, 0.29) is 5.25 Å². The number of benzene rings is 1. The van der Waals surface area contributed by atoms with Gasteiger partial charge in [-0.05, 0) is 11.8 Å². The van der Waals surface area contributed by atoms with Gasteiger partial charge in [-0.3, -0.25) is 10.0 Å². The lowest BCUT2D eigenvalue weighted by atomic mass is 10.1. The van der Waals surface area contributed by atoms with Gasteiger partial charge in [0.1, 0.15) is 5.25 Å². The topological polar surface area (TPSA) is 49.3 Å². The van der Waals surface area contributed by atoms with Gasteiger partial charge in [-0.15, -0.1) is 11.8 Å². The number of carbonyl (C=O) groups excluding carboxylic acids is 1.